The van der Waals surface area contributed by atoms with Crippen molar-refractivity contribution in [1.82, 2.24) is 5.32 Å². The molecule has 0 radical (unpaired) electrons. The molecule has 150 valence electrons. The van der Waals surface area contributed by atoms with Gasteiger partial charge in [-0.15, -0.1) is 0 Å². The van der Waals surface area contributed by atoms with E-state index >= 15 is 0 Å². The first-order chi connectivity index (χ1) is 13.9. The molecule has 5 nitrogen and oxygen atoms in total. The van der Waals surface area contributed by atoms with Crippen LogP contribution in [0.3, 0.4) is 0 Å². The SMILES string of the molecule is C[C@H](NC(=O)c1ccccc1N(Cc1ccccc1)S(C)(=O)=O)c1ccccc1. The zero-order valence-corrected chi connectivity index (χ0v) is 17.3. The highest BCUT2D eigenvalue weighted by molar-refractivity contribution is 7.92. The molecule has 0 aromatic heterocycles. The molecule has 3 aromatic carbocycles. The third kappa shape index (κ3) is 5.23. The monoisotopic (exact) mass is 408 g/mol. The lowest BCUT2D eigenvalue weighted by atomic mass is 10.1. The van der Waals surface area contributed by atoms with E-state index in [2.05, 4.69) is 5.32 Å². The number of sulfonamides is 1. The zero-order valence-electron chi connectivity index (χ0n) is 16.4. The Labute approximate surface area is 172 Å². The predicted octanol–water partition coefficient (Wildman–Crippen LogP) is 4.14. The van der Waals surface area contributed by atoms with Crippen molar-refractivity contribution >= 4 is 21.6 Å². The lowest BCUT2D eigenvalue weighted by Gasteiger charge is -2.25. The second-order valence-electron chi connectivity index (χ2n) is 6.88. The van der Waals surface area contributed by atoms with Gasteiger partial charge in [-0.2, -0.15) is 0 Å². The fourth-order valence-corrected chi connectivity index (χ4v) is 4.01. The van der Waals surface area contributed by atoms with Gasteiger partial charge < -0.3 is 5.32 Å². The maximum absolute atomic E-state index is 13.0. The summed E-state index contributed by atoms with van der Waals surface area (Å²) in [4.78, 5) is 13.0. The predicted molar refractivity (Wildman–Crippen MR) is 116 cm³/mol. The van der Waals surface area contributed by atoms with Gasteiger partial charge >= 0.3 is 0 Å². The van der Waals surface area contributed by atoms with Crippen LogP contribution in [0.2, 0.25) is 0 Å². The van der Waals surface area contributed by atoms with E-state index in [0.29, 0.717) is 11.3 Å². The van der Waals surface area contributed by atoms with E-state index in [-0.39, 0.29) is 18.5 Å². The van der Waals surface area contributed by atoms with Gasteiger partial charge in [0.25, 0.3) is 5.91 Å². The van der Waals surface area contributed by atoms with Crippen molar-refractivity contribution in [3.63, 3.8) is 0 Å². The number of anilines is 1. The molecule has 1 amide bonds. The van der Waals surface area contributed by atoms with E-state index in [1.807, 2.05) is 67.6 Å². The minimum Gasteiger partial charge on any atom is -0.345 e. The molecule has 0 unspecified atom stereocenters. The second kappa shape index (κ2) is 8.92. The molecule has 1 N–H and O–H groups in total. The summed E-state index contributed by atoms with van der Waals surface area (Å²) in [7, 11) is -3.60. The molecular formula is C23H24N2O3S. The Morgan fingerprint density at radius 2 is 1.45 bits per heavy atom. The van der Waals surface area contributed by atoms with Gasteiger partial charge in [-0.1, -0.05) is 72.8 Å². The fourth-order valence-electron chi connectivity index (χ4n) is 3.11. The summed E-state index contributed by atoms with van der Waals surface area (Å²) in [6.45, 7) is 2.05. The molecule has 29 heavy (non-hydrogen) atoms. The first kappa shape index (κ1) is 20.6. The molecule has 0 spiro atoms. The van der Waals surface area contributed by atoms with Gasteiger partial charge in [0.1, 0.15) is 0 Å². The molecular weight excluding hydrogens is 384 g/mol. The van der Waals surface area contributed by atoms with Crippen LogP contribution in [0.1, 0.15) is 34.5 Å². The molecule has 0 aliphatic rings. The normalized spacial score (nSPS) is 12.2. The number of benzene rings is 3. The minimum atomic E-state index is -3.60. The van der Waals surface area contributed by atoms with E-state index in [4.69, 9.17) is 0 Å². The second-order valence-corrected chi connectivity index (χ2v) is 8.79. The van der Waals surface area contributed by atoms with Crippen LogP contribution in [0.4, 0.5) is 5.69 Å². The highest BCUT2D eigenvalue weighted by Gasteiger charge is 2.24. The molecule has 3 aromatic rings. The third-order valence-corrected chi connectivity index (χ3v) is 5.76. The van der Waals surface area contributed by atoms with Crippen LogP contribution in [0.5, 0.6) is 0 Å². The summed E-state index contributed by atoms with van der Waals surface area (Å²) in [5.41, 5.74) is 2.49. The number of hydrogen-bond donors (Lipinski definition) is 1. The fraction of sp³-hybridized carbons (Fsp3) is 0.174. The van der Waals surface area contributed by atoms with Gasteiger partial charge in [0, 0.05) is 0 Å². The number of rotatable bonds is 7. The molecule has 0 saturated carbocycles. The topological polar surface area (TPSA) is 66.5 Å². The maximum Gasteiger partial charge on any atom is 0.253 e. The zero-order chi connectivity index (χ0) is 20.9. The first-order valence-corrected chi connectivity index (χ1v) is 11.2. The summed E-state index contributed by atoms with van der Waals surface area (Å²) < 4.78 is 26.4. The number of para-hydroxylation sites is 1. The van der Waals surface area contributed by atoms with Crippen molar-refractivity contribution in [3.8, 4) is 0 Å². The van der Waals surface area contributed by atoms with Crippen LogP contribution in [0.25, 0.3) is 0 Å². The number of amides is 1. The quantitative estimate of drug-likeness (QED) is 0.639. The van der Waals surface area contributed by atoms with Gasteiger partial charge in [-0.05, 0) is 30.2 Å². The lowest BCUT2D eigenvalue weighted by molar-refractivity contribution is 0.0940. The number of nitrogens with one attached hydrogen (secondary N) is 1. The molecule has 0 aliphatic heterocycles. The number of hydrogen-bond acceptors (Lipinski definition) is 3. The molecule has 1 atom stereocenters. The van der Waals surface area contributed by atoms with Gasteiger partial charge in [0.05, 0.1) is 30.1 Å². The Morgan fingerprint density at radius 1 is 0.897 bits per heavy atom. The van der Waals surface area contributed by atoms with Crippen molar-refractivity contribution in [2.24, 2.45) is 0 Å². The van der Waals surface area contributed by atoms with Crippen LogP contribution in [-0.4, -0.2) is 20.6 Å². The highest BCUT2D eigenvalue weighted by Crippen LogP contribution is 2.26. The Kier molecular flexibility index (Phi) is 6.34. The Morgan fingerprint density at radius 3 is 2.07 bits per heavy atom. The van der Waals surface area contributed by atoms with Crippen molar-refractivity contribution in [1.29, 1.82) is 0 Å². The average Bonchev–Trinajstić information content (AvgIpc) is 2.72. The van der Waals surface area contributed by atoms with Crippen molar-refractivity contribution in [2.45, 2.75) is 19.5 Å². The summed E-state index contributed by atoms with van der Waals surface area (Å²) in [6, 6.07) is 25.5. The van der Waals surface area contributed by atoms with Crippen LogP contribution >= 0.6 is 0 Å². The minimum absolute atomic E-state index is 0.151. The van der Waals surface area contributed by atoms with Crippen LogP contribution in [-0.2, 0) is 16.6 Å². The molecule has 6 heteroatoms. The van der Waals surface area contributed by atoms with Gasteiger partial charge in [-0.3, -0.25) is 9.10 Å². The standard InChI is InChI=1S/C23H24N2O3S/c1-18(20-13-7-4-8-14-20)24-23(26)21-15-9-10-16-22(21)25(29(2,27)28)17-19-11-5-3-6-12-19/h3-16,18H,17H2,1-2H3,(H,24,26)/t18-/m0/s1. The Hall–Kier alpha value is -3.12. The first-order valence-electron chi connectivity index (χ1n) is 9.33. The van der Waals surface area contributed by atoms with Gasteiger partial charge in [0.15, 0.2) is 0 Å². The van der Waals surface area contributed by atoms with Gasteiger partial charge in [-0.25, -0.2) is 8.42 Å². The largest absolute Gasteiger partial charge is 0.345 e. The molecule has 0 saturated heterocycles. The summed E-state index contributed by atoms with van der Waals surface area (Å²) >= 11 is 0. The van der Waals surface area contributed by atoms with Gasteiger partial charge in [0.2, 0.25) is 10.0 Å². The van der Waals surface area contributed by atoms with E-state index in [0.717, 1.165) is 17.4 Å². The van der Waals surface area contributed by atoms with Crippen LogP contribution in [0, 0.1) is 0 Å². The molecule has 0 heterocycles. The Bertz CT molecular complexity index is 1070. The smallest absolute Gasteiger partial charge is 0.253 e. The summed E-state index contributed by atoms with van der Waals surface area (Å²) in [5.74, 6) is -0.321. The molecule has 0 fully saturated rings. The van der Waals surface area contributed by atoms with Crippen molar-refractivity contribution in [3.05, 3.63) is 102 Å². The Balaban J connectivity index is 1.92. The maximum atomic E-state index is 13.0. The van der Waals surface area contributed by atoms with Crippen molar-refractivity contribution < 1.29 is 13.2 Å². The van der Waals surface area contributed by atoms with E-state index in [1.165, 1.54) is 4.31 Å². The summed E-state index contributed by atoms with van der Waals surface area (Å²) in [5, 5.41) is 2.96. The highest BCUT2D eigenvalue weighted by atomic mass is 32.2. The molecule has 3 rings (SSSR count). The molecule has 0 aliphatic carbocycles. The van der Waals surface area contributed by atoms with E-state index in [1.54, 1.807) is 24.3 Å². The number of carbonyl (C=O) groups is 1. The van der Waals surface area contributed by atoms with Crippen LogP contribution < -0.4 is 9.62 Å². The third-order valence-electron chi connectivity index (χ3n) is 4.63. The van der Waals surface area contributed by atoms with E-state index < -0.39 is 10.0 Å². The summed E-state index contributed by atoms with van der Waals surface area (Å²) in [6.07, 6.45) is 1.15. The average molecular weight is 409 g/mol. The number of carbonyl (C=O) groups excluding carboxylic acids is 1. The van der Waals surface area contributed by atoms with Crippen molar-refractivity contribution in [2.75, 3.05) is 10.6 Å². The lowest BCUT2D eigenvalue weighted by Crippen LogP contribution is -2.33. The van der Waals surface area contributed by atoms with E-state index in [9.17, 15) is 13.2 Å². The van der Waals surface area contributed by atoms with Crippen LogP contribution in [0.15, 0.2) is 84.9 Å². The molecule has 0 bridgehead atoms. The number of nitrogens with zero attached hydrogens (tertiary/aromatic N) is 1.